The van der Waals surface area contributed by atoms with Crippen LogP contribution in [-0.4, -0.2) is 74.9 Å². The van der Waals surface area contributed by atoms with E-state index in [0.29, 0.717) is 15.6 Å². The highest BCUT2D eigenvalue weighted by molar-refractivity contribution is 7.22. The molecule has 0 aliphatic heterocycles. The van der Waals surface area contributed by atoms with Crippen molar-refractivity contribution in [1.82, 2.24) is 39.5 Å². The minimum Gasteiger partial charge on any atom is -0.479 e. The third-order valence-electron chi connectivity index (χ3n) is 14.2. The Bertz CT molecular complexity index is 4510. The van der Waals surface area contributed by atoms with E-state index in [4.69, 9.17) is 57.6 Å². The monoisotopic (exact) mass is 1210 g/mol. The number of ether oxygens (including phenoxy) is 3. The van der Waals surface area contributed by atoms with E-state index < -0.39 is 35.3 Å². The van der Waals surface area contributed by atoms with Crippen molar-refractivity contribution in [1.29, 1.82) is 0 Å². The average molecular weight is 1210 g/mol. The fourth-order valence-electron chi connectivity index (χ4n) is 10.6. The largest absolute Gasteiger partial charge is 0.479 e. The highest BCUT2D eigenvalue weighted by Crippen LogP contribution is 2.47. The molecule has 1 N–H and O–H groups in total. The van der Waals surface area contributed by atoms with Crippen molar-refractivity contribution in [2.45, 2.75) is 78.8 Å². The molecule has 0 saturated heterocycles. The standard InChI is InChI=1S/C34H31ClN4O3S.C33H29ClN4O3S/c1-19-17-25-31(28(20-10-13-22(35)14-11-20)27(19)30(33(40)41-6)42-34(2,3)4)43-32(37-25)21-12-15-26-23(18-21)29(38-39(26)5)24-9-7-8-16-36-24;1-18-16-24-30(27(19-9-12-21(34)13-10-19)26(18)29(32(39)40)41-33(2,3)4)42-31(36-24)20-11-14-25-22(17-20)28(37-38(25)5)23-8-6-7-15-35-23/h7-18,30H,1-6H3;6-17,29H,1-5H3,(H,39,40)/t30-;29-/m00/s1. The van der Waals surface area contributed by atoms with Crippen LogP contribution in [-0.2, 0) is 37.9 Å². The molecule has 12 aromatic rings. The SMILES string of the molecule is COC(=O)[C@@H](OC(C)(C)C)c1c(C)cc2nc(-c3ccc4c(c3)c(-c3ccccn3)nn4C)sc2c1-c1ccc(Cl)cc1.Cc1cc2nc(-c3ccc4c(c3)c(-c3ccccn3)nn4C)sc2c(-c2ccc(Cl)cc2)c1[C@H](OC(C)(C)C)C(=O)O. The quantitative estimate of drug-likeness (QED) is 0.115. The van der Waals surface area contributed by atoms with Gasteiger partial charge in [-0.25, -0.2) is 19.6 Å². The number of carbonyl (C=O) groups excluding carboxylic acids is 1. The molecule has 14 nitrogen and oxygen atoms in total. The number of methoxy groups -OCH3 is 1. The van der Waals surface area contributed by atoms with Crippen LogP contribution in [0.25, 0.3) is 108 Å². The second-order valence-electron chi connectivity index (χ2n) is 22.6. The number of aliphatic carboxylic acids is 1. The lowest BCUT2D eigenvalue weighted by molar-refractivity contribution is -0.164. The Labute approximate surface area is 509 Å². The molecule has 0 saturated carbocycles. The van der Waals surface area contributed by atoms with Crippen molar-refractivity contribution >= 4 is 100 Å². The first-order chi connectivity index (χ1) is 40.5. The number of hydrogen-bond donors (Lipinski definition) is 1. The van der Waals surface area contributed by atoms with Crippen LogP contribution < -0.4 is 0 Å². The van der Waals surface area contributed by atoms with Crippen molar-refractivity contribution in [2.24, 2.45) is 14.1 Å². The minimum absolute atomic E-state index is 0.457. The molecule has 0 aliphatic rings. The number of rotatable bonds is 12. The number of halogens is 2. The van der Waals surface area contributed by atoms with Crippen molar-refractivity contribution < 1.29 is 28.9 Å². The zero-order valence-corrected chi connectivity index (χ0v) is 51.8. The maximum atomic E-state index is 13.2. The highest BCUT2D eigenvalue weighted by atomic mass is 35.5. The summed E-state index contributed by atoms with van der Waals surface area (Å²) >= 11 is 15.6. The van der Waals surface area contributed by atoms with Gasteiger partial charge in [-0.3, -0.25) is 19.3 Å². The molecule has 6 aromatic carbocycles. The number of fused-ring (bicyclic) bond motifs is 4. The Morgan fingerprint density at radius 2 is 0.953 bits per heavy atom. The van der Waals surface area contributed by atoms with Gasteiger partial charge in [0.2, 0.25) is 0 Å². The first kappa shape index (κ1) is 58.5. The zero-order chi connectivity index (χ0) is 60.2. The number of carbonyl (C=O) groups is 2. The second kappa shape index (κ2) is 23.3. The third-order valence-corrected chi connectivity index (χ3v) is 17.0. The smallest absolute Gasteiger partial charge is 0.339 e. The van der Waals surface area contributed by atoms with Crippen LogP contribution in [0, 0.1) is 13.8 Å². The predicted octanol–water partition coefficient (Wildman–Crippen LogP) is 17.1. The van der Waals surface area contributed by atoms with Gasteiger partial charge in [0.1, 0.15) is 21.4 Å². The van der Waals surface area contributed by atoms with E-state index in [0.717, 1.165) is 125 Å². The van der Waals surface area contributed by atoms with Crippen LogP contribution in [0.15, 0.2) is 146 Å². The molecule has 85 heavy (non-hydrogen) atoms. The van der Waals surface area contributed by atoms with E-state index in [9.17, 15) is 14.7 Å². The highest BCUT2D eigenvalue weighted by Gasteiger charge is 2.35. The number of pyridine rings is 2. The molecule has 2 atom stereocenters. The van der Waals surface area contributed by atoms with E-state index in [2.05, 4.69) is 34.2 Å². The Balaban J connectivity index is 0.000000177. The topological polar surface area (TPSA) is 169 Å². The van der Waals surface area contributed by atoms with E-state index in [1.165, 1.54) is 18.4 Å². The fraction of sp³-hybridized carbons (Fsp3) is 0.224. The molecule has 18 heteroatoms. The number of thiazole rings is 2. The Morgan fingerprint density at radius 1 is 0.553 bits per heavy atom. The summed E-state index contributed by atoms with van der Waals surface area (Å²) in [6.07, 6.45) is 1.44. The fourth-order valence-corrected chi connectivity index (χ4v) is 13.1. The molecule has 430 valence electrons. The Hall–Kier alpha value is -8.22. The summed E-state index contributed by atoms with van der Waals surface area (Å²) in [6, 6.07) is 43.1. The summed E-state index contributed by atoms with van der Waals surface area (Å²) in [5.41, 5.74) is 14.0. The first-order valence-electron chi connectivity index (χ1n) is 27.4. The van der Waals surface area contributed by atoms with Crippen LogP contribution in [0.3, 0.4) is 0 Å². The van der Waals surface area contributed by atoms with Gasteiger partial charge >= 0.3 is 11.9 Å². The first-order valence-corrected chi connectivity index (χ1v) is 29.8. The van der Waals surface area contributed by atoms with Crippen LogP contribution in [0.4, 0.5) is 0 Å². The predicted molar refractivity (Wildman–Crippen MR) is 342 cm³/mol. The lowest BCUT2D eigenvalue weighted by Gasteiger charge is -2.28. The van der Waals surface area contributed by atoms with Crippen molar-refractivity contribution in [3.05, 3.63) is 178 Å². The van der Waals surface area contributed by atoms with E-state index >= 15 is 0 Å². The van der Waals surface area contributed by atoms with Crippen molar-refractivity contribution in [3.8, 4) is 66.2 Å². The maximum Gasteiger partial charge on any atom is 0.339 e. The zero-order valence-electron chi connectivity index (χ0n) is 48.6. The van der Waals surface area contributed by atoms with Gasteiger partial charge in [-0.05, 0) is 175 Å². The van der Waals surface area contributed by atoms with E-state index in [1.54, 1.807) is 23.7 Å². The Kier molecular flexibility index (Phi) is 16.1. The summed E-state index contributed by atoms with van der Waals surface area (Å²) in [6.45, 7) is 15.3. The number of carboxylic acids is 1. The maximum absolute atomic E-state index is 13.2. The molecule has 0 unspecified atom stereocenters. The van der Waals surface area contributed by atoms with Crippen LogP contribution >= 0.6 is 45.9 Å². The van der Waals surface area contributed by atoms with Gasteiger partial charge in [0.25, 0.3) is 0 Å². The van der Waals surface area contributed by atoms with Crippen molar-refractivity contribution in [2.75, 3.05) is 7.11 Å². The molecule has 0 amide bonds. The second-order valence-corrected chi connectivity index (χ2v) is 25.5. The van der Waals surface area contributed by atoms with E-state index in [1.807, 2.05) is 188 Å². The number of benzene rings is 6. The van der Waals surface area contributed by atoms with Gasteiger partial charge < -0.3 is 19.3 Å². The number of esters is 1. The minimum atomic E-state index is -1.17. The van der Waals surface area contributed by atoms with Crippen molar-refractivity contribution in [3.63, 3.8) is 0 Å². The van der Waals surface area contributed by atoms with E-state index in [-0.39, 0.29) is 0 Å². The molecule has 6 heterocycles. The normalized spacial score (nSPS) is 12.7. The lowest BCUT2D eigenvalue weighted by atomic mass is 9.91. The Morgan fingerprint density at radius 3 is 1.33 bits per heavy atom. The van der Waals surface area contributed by atoms with Crippen LogP contribution in [0.5, 0.6) is 0 Å². The average Bonchev–Trinajstić information content (AvgIpc) is 3.76. The van der Waals surface area contributed by atoms with Gasteiger partial charge in [0.15, 0.2) is 12.2 Å². The number of hydrogen-bond acceptors (Lipinski definition) is 13. The molecular weight excluding hydrogens is 1150 g/mol. The van der Waals surface area contributed by atoms with Gasteiger partial charge in [0, 0.05) is 80.7 Å². The molecule has 6 aromatic heterocycles. The van der Waals surface area contributed by atoms with Gasteiger partial charge in [-0.1, -0.05) is 59.6 Å². The summed E-state index contributed by atoms with van der Waals surface area (Å²) in [4.78, 5) is 45.1. The molecule has 0 bridgehead atoms. The number of aromatic nitrogens is 8. The number of carboxylic acid groups (broad SMARTS) is 1. The summed E-state index contributed by atoms with van der Waals surface area (Å²) in [5, 5.41) is 24.7. The number of aryl methyl sites for hydroxylation is 4. The molecule has 0 radical (unpaired) electrons. The van der Waals surface area contributed by atoms with Gasteiger partial charge in [-0.15, -0.1) is 22.7 Å². The molecule has 12 rings (SSSR count). The third kappa shape index (κ3) is 12.0. The molecular formula is C67H60Cl2N8O6S2. The molecule has 0 spiro atoms. The van der Waals surface area contributed by atoms with Crippen LogP contribution in [0.2, 0.25) is 10.0 Å². The molecule has 0 aliphatic carbocycles. The van der Waals surface area contributed by atoms with Crippen LogP contribution in [0.1, 0.15) is 76.0 Å². The number of nitrogens with zero attached hydrogens (tertiary/aromatic N) is 8. The summed E-state index contributed by atoms with van der Waals surface area (Å²) < 4.78 is 23.3. The molecule has 0 fully saturated rings. The van der Waals surface area contributed by atoms with Gasteiger partial charge in [-0.2, -0.15) is 10.2 Å². The lowest BCUT2D eigenvalue weighted by Crippen LogP contribution is -2.29. The van der Waals surface area contributed by atoms with Gasteiger partial charge in [0.05, 0.1) is 61.2 Å². The summed E-state index contributed by atoms with van der Waals surface area (Å²) in [5.74, 6) is -1.50. The summed E-state index contributed by atoms with van der Waals surface area (Å²) in [7, 11) is 5.25.